The molecule has 0 spiro atoms. The van der Waals surface area contributed by atoms with Crippen LogP contribution < -0.4 is 5.73 Å². The van der Waals surface area contributed by atoms with E-state index >= 15 is 0 Å². The third-order valence-corrected chi connectivity index (χ3v) is 2.19. The third kappa shape index (κ3) is 1.05. The van der Waals surface area contributed by atoms with E-state index in [9.17, 15) is 8.78 Å². The average molecular weight is 169 g/mol. The fourth-order valence-corrected chi connectivity index (χ4v) is 1.64. The van der Waals surface area contributed by atoms with Gasteiger partial charge in [0.1, 0.15) is 0 Å². The highest BCUT2D eigenvalue weighted by molar-refractivity contribution is 5.54. The summed E-state index contributed by atoms with van der Waals surface area (Å²) >= 11 is 0. The Balaban J connectivity index is 2.48. The maximum absolute atomic E-state index is 12.9. The van der Waals surface area contributed by atoms with E-state index in [0.29, 0.717) is 16.8 Å². The molecule has 0 bridgehead atoms. The first kappa shape index (κ1) is 7.53. The van der Waals surface area contributed by atoms with Crippen LogP contribution in [-0.2, 0) is 12.8 Å². The minimum absolute atomic E-state index is 0.159. The Morgan fingerprint density at radius 1 is 1.25 bits per heavy atom. The predicted octanol–water partition coefficient (Wildman–Crippen LogP) is 2.00. The smallest absolute Gasteiger partial charge is 0.256 e. The molecule has 1 aliphatic carbocycles. The van der Waals surface area contributed by atoms with Crippen molar-refractivity contribution in [1.82, 2.24) is 0 Å². The molecule has 0 radical (unpaired) electrons. The van der Waals surface area contributed by atoms with Crippen LogP contribution in [0, 0.1) is 0 Å². The van der Waals surface area contributed by atoms with Crippen LogP contribution in [0.3, 0.4) is 0 Å². The van der Waals surface area contributed by atoms with Crippen LogP contribution in [0.5, 0.6) is 0 Å². The van der Waals surface area contributed by atoms with Crippen molar-refractivity contribution in [2.45, 2.75) is 18.8 Å². The topological polar surface area (TPSA) is 26.0 Å². The van der Waals surface area contributed by atoms with Gasteiger partial charge in [-0.2, -0.15) is 0 Å². The average Bonchev–Trinajstić information content (AvgIpc) is 2.25. The second-order valence-electron chi connectivity index (χ2n) is 3.19. The number of hydrogen-bond acceptors (Lipinski definition) is 1. The molecule has 64 valence electrons. The van der Waals surface area contributed by atoms with E-state index in [-0.39, 0.29) is 12.8 Å². The van der Waals surface area contributed by atoms with Gasteiger partial charge in [0.2, 0.25) is 0 Å². The van der Waals surface area contributed by atoms with E-state index in [1.54, 1.807) is 18.2 Å². The summed E-state index contributed by atoms with van der Waals surface area (Å²) < 4.78 is 25.7. The largest absolute Gasteiger partial charge is 0.398 e. The van der Waals surface area contributed by atoms with Crippen molar-refractivity contribution in [3.05, 3.63) is 29.3 Å². The van der Waals surface area contributed by atoms with Gasteiger partial charge in [-0.05, 0) is 17.2 Å². The van der Waals surface area contributed by atoms with Crippen molar-refractivity contribution in [2.24, 2.45) is 0 Å². The summed E-state index contributed by atoms with van der Waals surface area (Å²) in [7, 11) is 0. The Morgan fingerprint density at radius 3 is 2.67 bits per heavy atom. The third-order valence-electron chi connectivity index (χ3n) is 2.19. The highest BCUT2D eigenvalue weighted by Crippen LogP contribution is 2.36. The lowest BCUT2D eigenvalue weighted by Crippen LogP contribution is -2.14. The summed E-state index contributed by atoms with van der Waals surface area (Å²) in [5.74, 6) is -2.59. The van der Waals surface area contributed by atoms with E-state index < -0.39 is 5.92 Å². The molecule has 1 aliphatic rings. The number of nitrogen functional groups attached to an aromatic ring is 1. The van der Waals surface area contributed by atoms with Gasteiger partial charge in [0.05, 0.1) is 0 Å². The molecule has 3 heteroatoms. The molecule has 0 unspecified atom stereocenters. The van der Waals surface area contributed by atoms with Crippen LogP contribution in [0.4, 0.5) is 14.5 Å². The summed E-state index contributed by atoms with van der Waals surface area (Å²) in [6.07, 6.45) is -0.359. The molecule has 1 aromatic rings. The number of alkyl halides is 2. The van der Waals surface area contributed by atoms with Gasteiger partial charge in [0.25, 0.3) is 5.92 Å². The van der Waals surface area contributed by atoms with E-state index in [1.807, 2.05) is 0 Å². The highest BCUT2D eigenvalue weighted by Gasteiger charge is 2.37. The van der Waals surface area contributed by atoms with Gasteiger partial charge in [0.15, 0.2) is 0 Å². The zero-order valence-corrected chi connectivity index (χ0v) is 6.48. The van der Waals surface area contributed by atoms with Crippen LogP contribution in [0.25, 0.3) is 0 Å². The number of nitrogens with two attached hydrogens (primary N) is 1. The normalized spacial score (nSPS) is 19.2. The van der Waals surface area contributed by atoms with E-state index in [1.165, 1.54) is 0 Å². The summed E-state index contributed by atoms with van der Waals surface area (Å²) in [4.78, 5) is 0. The Morgan fingerprint density at radius 2 is 2.00 bits per heavy atom. The van der Waals surface area contributed by atoms with Crippen molar-refractivity contribution < 1.29 is 8.78 Å². The lowest BCUT2D eigenvalue weighted by molar-refractivity contribution is 0.0131. The number of anilines is 1. The van der Waals surface area contributed by atoms with E-state index in [2.05, 4.69) is 0 Å². The van der Waals surface area contributed by atoms with Gasteiger partial charge >= 0.3 is 0 Å². The molecule has 0 saturated carbocycles. The lowest BCUT2D eigenvalue weighted by atomic mass is 10.1. The van der Waals surface area contributed by atoms with Crippen molar-refractivity contribution in [2.75, 3.05) is 5.73 Å². The van der Waals surface area contributed by atoms with Crippen LogP contribution in [0.15, 0.2) is 18.2 Å². The number of benzene rings is 1. The van der Waals surface area contributed by atoms with Gasteiger partial charge < -0.3 is 5.73 Å². The van der Waals surface area contributed by atoms with Crippen LogP contribution in [0.1, 0.15) is 11.1 Å². The van der Waals surface area contributed by atoms with Crippen molar-refractivity contribution in [1.29, 1.82) is 0 Å². The predicted molar refractivity (Wildman–Crippen MR) is 43.2 cm³/mol. The first-order valence-electron chi connectivity index (χ1n) is 3.82. The first-order valence-corrected chi connectivity index (χ1v) is 3.82. The molecule has 1 nitrogen and oxygen atoms in total. The van der Waals surface area contributed by atoms with Crippen molar-refractivity contribution in [3.63, 3.8) is 0 Å². The van der Waals surface area contributed by atoms with Crippen LogP contribution >= 0.6 is 0 Å². The summed E-state index contributed by atoms with van der Waals surface area (Å²) in [6, 6.07) is 5.10. The van der Waals surface area contributed by atoms with Crippen LogP contribution in [-0.4, -0.2) is 5.92 Å². The van der Waals surface area contributed by atoms with Gasteiger partial charge in [-0.3, -0.25) is 0 Å². The maximum Gasteiger partial charge on any atom is 0.256 e. The fraction of sp³-hybridized carbons (Fsp3) is 0.333. The molecular weight excluding hydrogens is 160 g/mol. The number of halogens is 2. The second kappa shape index (κ2) is 2.19. The molecule has 12 heavy (non-hydrogen) atoms. The number of fused-ring (bicyclic) bond motifs is 1. The molecule has 1 aromatic carbocycles. The Labute approximate surface area is 69.2 Å². The van der Waals surface area contributed by atoms with E-state index in [4.69, 9.17) is 5.73 Å². The molecule has 0 amide bonds. The Bertz CT molecular complexity index is 320. The van der Waals surface area contributed by atoms with Crippen LogP contribution in [0.2, 0.25) is 0 Å². The Kier molecular flexibility index (Phi) is 1.37. The lowest BCUT2D eigenvalue weighted by Gasteiger charge is -2.04. The van der Waals surface area contributed by atoms with Crippen molar-refractivity contribution >= 4 is 5.69 Å². The standard InChI is InChI=1S/C9H9F2N/c10-9(11)4-6-2-1-3-8(12)7(6)5-9/h1-3H,4-5,12H2. The Hall–Kier alpha value is -1.12. The first-order chi connectivity index (χ1) is 5.58. The molecule has 0 fully saturated rings. The zero-order chi connectivity index (χ0) is 8.77. The zero-order valence-electron chi connectivity index (χ0n) is 6.48. The second-order valence-corrected chi connectivity index (χ2v) is 3.19. The van der Waals surface area contributed by atoms with Gasteiger partial charge in [-0.25, -0.2) is 8.78 Å². The minimum atomic E-state index is -2.59. The summed E-state index contributed by atoms with van der Waals surface area (Å²) in [6.45, 7) is 0. The van der Waals surface area contributed by atoms with Gasteiger partial charge in [-0.15, -0.1) is 0 Å². The summed E-state index contributed by atoms with van der Waals surface area (Å²) in [5, 5.41) is 0. The molecule has 0 saturated heterocycles. The monoisotopic (exact) mass is 169 g/mol. The maximum atomic E-state index is 12.9. The minimum Gasteiger partial charge on any atom is -0.398 e. The fourth-order valence-electron chi connectivity index (χ4n) is 1.64. The molecule has 2 rings (SSSR count). The molecule has 2 N–H and O–H groups in total. The number of rotatable bonds is 0. The SMILES string of the molecule is Nc1cccc2c1CC(F)(F)C2. The quantitative estimate of drug-likeness (QED) is 0.590. The summed E-state index contributed by atoms with van der Waals surface area (Å²) in [5.41, 5.74) is 7.37. The molecule has 0 aromatic heterocycles. The molecule has 0 atom stereocenters. The number of hydrogen-bond donors (Lipinski definition) is 1. The molecular formula is C9H9F2N. The van der Waals surface area contributed by atoms with Gasteiger partial charge in [-0.1, -0.05) is 12.1 Å². The van der Waals surface area contributed by atoms with Gasteiger partial charge in [0, 0.05) is 18.5 Å². The van der Waals surface area contributed by atoms with Crippen molar-refractivity contribution in [3.8, 4) is 0 Å². The molecule has 0 heterocycles. The highest BCUT2D eigenvalue weighted by atomic mass is 19.3. The molecule has 0 aliphatic heterocycles. The van der Waals surface area contributed by atoms with E-state index in [0.717, 1.165) is 0 Å².